The maximum Gasteiger partial charge on any atom is 0.263 e. The van der Waals surface area contributed by atoms with Crippen LogP contribution in [0.4, 0.5) is 0 Å². The molecule has 0 aliphatic carbocycles. The van der Waals surface area contributed by atoms with Crippen LogP contribution in [0.15, 0.2) is 4.79 Å². The fraction of sp³-hybridized carbons (Fsp3) is 0.462. The lowest BCUT2D eigenvalue weighted by atomic mass is 10.1. The van der Waals surface area contributed by atoms with Crippen LogP contribution in [-0.2, 0) is 6.54 Å². The number of nitriles is 1. The zero-order valence-corrected chi connectivity index (χ0v) is 11.8. The van der Waals surface area contributed by atoms with E-state index in [1.807, 2.05) is 33.8 Å². The highest BCUT2D eigenvalue weighted by Gasteiger charge is 2.17. The van der Waals surface area contributed by atoms with Crippen molar-refractivity contribution in [3.63, 3.8) is 0 Å². The largest absolute Gasteiger partial charge is 0.282 e. The highest BCUT2D eigenvalue weighted by Crippen LogP contribution is 2.27. The fourth-order valence-electron chi connectivity index (χ4n) is 2.01. The van der Waals surface area contributed by atoms with Gasteiger partial charge in [-0.2, -0.15) is 5.26 Å². The normalized spacial score (nSPS) is 11.1. The third-order valence-electron chi connectivity index (χ3n) is 3.06. The lowest BCUT2D eigenvalue weighted by molar-refractivity contribution is 0.648. The molecular weight excluding hydrogens is 246 g/mol. The van der Waals surface area contributed by atoms with Crippen molar-refractivity contribution in [2.24, 2.45) is 0 Å². The predicted octanol–water partition coefficient (Wildman–Crippen LogP) is 2.72. The van der Waals surface area contributed by atoms with Crippen LogP contribution in [0, 0.1) is 25.2 Å². The molecular formula is C13H15N3OS. The van der Waals surface area contributed by atoms with Crippen molar-refractivity contribution in [3.05, 3.63) is 26.6 Å². The number of nitrogens with zero attached hydrogens (tertiary/aromatic N) is 3. The summed E-state index contributed by atoms with van der Waals surface area (Å²) in [6.45, 7) is 7.95. The van der Waals surface area contributed by atoms with Crippen LogP contribution in [0.25, 0.3) is 10.2 Å². The van der Waals surface area contributed by atoms with Crippen molar-refractivity contribution in [2.45, 2.75) is 40.2 Å². The van der Waals surface area contributed by atoms with Gasteiger partial charge < -0.3 is 0 Å². The first kappa shape index (κ1) is 12.8. The smallest absolute Gasteiger partial charge is 0.263 e. The summed E-state index contributed by atoms with van der Waals surface area (Å²) in [7, 11) is 0. The maximum absolute atomic E-state index is 12.5. The average molecular weight is 261 g/mol. The first-order chi connectivity index (χ1) is 8.47. The van der Waals surface area contributed by atoms with Crippen molar-refractivity contribution in [2.75, 3.05) is 0 Å². The van der Waals surface area contributed by atoms with E-state index in [4.69, 9.17) is 5.26 Å². The summed E-state index contributed by atoms with van der Waals surface area (Å²) in [6.07, 6.45) is 0. The highest BCUT2D eigenvalue weighted by molar-refractivity contribution is 7.18. The Kier molecular flexibility index (Phi) is 3.22. The molecule has 0 fully saturated rings. The minimum atomic E-state index is -0.0906. The van der Waals surface area contributed by atoms with E-state index in [-0.39, 0.29) is 18.0 Å². The molecule has 4 nitrogen and oxygen atoms in total. The Morgan fingerprint density at radius 3 is 2.67 bits per heavy atom. The first-order valence-electron chi connectivity index (χ1n) is 5.84. The van der Waals surface area contributed by atoms with Crippen molar-refractivity contribution >= 4 is 21.6 Å². The second kappa shape index (κ2) is 4.54. The molecule has 0 aliphatic heterocycles. The molecule has 0 amide bonds. The van der Waals surface area contributed by atoms with Crippen LogP contribution >= 0.6 is 11.3 Å². The minimum Gasteiger partial charge on any atom is -0.282 e. The van der Waals surface area contributed by atoms with Crippen LogP contribution < -0.4 is 5.56 Å². The molecule has 18 heavy (non-hydrogen) atoms. The van der Waals surface area contributed by atoms with E-state index in [9.17, 15) is 4.79 Å². The third-order valence-corrected chi connectivity index (χ3v) is 4.16. The quantitative estimate of drug-likeness (QED) is 0.835. The molecule has 0 unspecified atom stereocenters. The second-order valence-electron chi connectivity index (χ2n) is 4.64. The van der Waals surface area contributed by atoms with E-state index in [0.717, 1.165) is 15.3 Å². The van der Waals surface area contributed by atoms with Crippen molar-refractivity contribution in [1.82, 2.24) is 9.55 Å². The monoisotopic (exact) mass is 261 g/mol. The van der Waals surface area contributed by atoms with Gasteiger partial charge in [-0.15, -0.1) is 11.3 Å². The van der Waals surface area contributed by atoms with Gasteiger partial charge in [-0.1, -0.05) is 13.8 Å². The molecule has 0 spiro atoms. The SMILES string of the molecule is Cc1sc2nc(C(C)C)n(CC#N)c(=O)c2c1C. The topological polar surface area (TPSA) is 58.7 Å². The van der Waals surface area contributed by atoms with Crippen LogP contribution in [-0.4, -0.2) is 9.55 Å². The van der Waals surface area contributed by atoms with Gasteiger partial charge in [-0.3, -0.25) is 9.36 Å². The predicted molar refractivity (Wildman–Crippen MR) is 73.1 cm³/mol. The summed E-state index contributed by atoms with van der Waals surface area (Å²) >= 11 is 1.54. The summed E-state index contributed by atoms with van der Waals surface area (Å²) in [6, 6.07) is 2.04. The van der Waals surface area contributed by atoms with Gasteiger partial charge >= 0.3 is 0 Å². The Morgan fingerprint density at radius 1 is 1.44 bits per heavy atom. The number of hydrogen-bond donors (Lipinski definition) is 0. The number of aryl methyl sites for hydroxylation is 2. The molecule has 0 aliphatic rings. The Hall–Kier alpha value is -1.67. The van der Waals surface area contributed by atoms with Crippen molar-refractivity contribution in [3.8, 4) is 6.07 Å². The zero-order valence-electron chi connectivity index (χ0n) is 10.9. The van der Waals surface area contributed by atoms with E-state index in [1.165, 1.54) is 4.57 Å². The number of hydrogen-bond acceptors (Lipinski definition) is 4. The number of thiophene rings is 1. The number of fused-ring (bicyclic) bond motifs is 1. The molecule has 0 N–H and O–H groups in total. The van der Waals surface area contributed by atoms with Crippen molar-refractivity contribution in [1.29, 1.82) is 5.26 Å². The Balaban J connectivity index is 2.91. The summed E-state index contributed by atoms with van der Waals surface area (Å²) in [4.78, 5) is 18.9. The van der Waals surface area contributed by atoms with Gasteiger partial charge in [0.2, 0.25) is 0 Å². The Morgan fingerprint density at radius 2 is 2.11 bits per heavy atom. The number of aromatic nitrogens is 2. The van der Waals surface area contributed by atoms with Gasteiger partial charge in [-0.25, -0.2) is 4.98 Å². The van der Waals surface area contributed by atoms with Crippen LogP contribution in [0.3, 0.4) is 0 Å². The molecule has 2 aromatic heterocycles. The summed E-state index contributed by atoms with van der Waals surface area (Å²) in [5.41, 5.74) is 0.890. The highest BCUT2D eigenvalue weighted by atomic mass is 32.1. The summed E-state index contributed by atoms with van der Waals surface area (Å²) in [5.74, 6) is 0.813. The van der Waals surface area contributed by atoms with E-state index < -0.39 is 0 Å². The standard InChI is InChI=1S/C13H15N3OS/c1-7(2)11-15-12-10(8(3)9(4)18-12)13(17)16(11)6-5-14/h7H,6H2,1-4H3. The number of rotatable bonds is 2. The molecule has 2 rings (SSSR count). The van der Waals surface area contributed by atoms with Gasteiger partial charge in [-0.05, 0) is 19.4 Å². The zero-order chi connectivity index (χ0) is 13.4. The van der Waals surface area contributed by atoms with Gasteiger partial charge in [0.25, 0.3) is 5.56 Å². The minimum absolute atomic E-state index is 0.0591. The van der Waals surface area contributed by atoms with Gasteiger partial charge in [0.1, 0.15) is 17.2 Å². The van der Waals surface area contributed by atoms with E-state index in [0.29, 0.717) is 11.2 Å². The summed E-state index contributed by atoms with van der Waals surface area (Å²) < 4.78 is 1.49. The molecule has 2 heterocycles. The third kappa shape index (κ3) is 1.83. The lowest BCUT2D eigenvalue weighted by Crippen LogP contribution is -2.25. The van der Waals surface area contributed by atoms with Crippen LogP contribution in [0.2, 0.25) is 0 Å². The van der Waals surface area contributed by atoms with Crippen molar-refractivity contribution < 1.29 is 0 Å². The Labute approximate surface area is 110 Å². The molecule has 0 aromatic carbocycles. The molecule has 0 atom stereocenters. The van der Waals surface area contributed by atoms with Crippen LogP contribution in [0.5, 0.6) is 0 Å². The van der Waals surface area contributed by atoms with Gasteiger partial charge in [0.05, 0.1) is 11.5 Å². The fourth-order valence-corrected chi connectivity index (χ4v) is 3.03. The molecule has 2 aromatic rings. The Bertz CT molecular complexity index is 704. The van der Waals surface area contributed by atoms with Crippen LogP contribution in [0.1, 0.15) is 36.0 Å². The first-order valence-corrected chi connectivity index (χ1v) is 6.66. The maximum atomic E-state index is 12.5. The lowest BCUT2D eigenvalue weighted by Gasteiger charge is -2.11. The molecule has 0 saturated heterocycles. The van der Waals surface area contributed by atoms with Gasteiger partial charge in [0, 0.05) is 10.8 Å². The molecule has 0 radical (unpaired) electrons. The second-order valence-corrected chi connectivity index (χ2v) is 5.84. The molecule has 5 heteroatoms. The average Bonchev–Trinajstić information content (AvgIpc) is 2.58. The molecule has 94 valence electrons. The van der Waals surface area contributed by atoms with Gasteiger partial charge in [0.15, 0.2) is 0 Å². The van der Waals surface area contributed by atoms with E-state index in [1.54, 1.807) is 11.3 Å². The summed E-state index contributed by atoms with van der Waals surface area (Å²) in [5, 5.41) is 9.53. The van der Waals surface area contributed by atoms with E-state index in [2.05, 4.69) is 4.98 Å². The van der Waals surface area contributed by atoms with E-state index >= 15 is 0 Å². The molecule has 0 bridgehead atoms. The molecule has 0 saturated carbocycles.